The van der Waals surface area contributed by atoms with Gasteiger partial charge in [-0.25, -0.2) is 0 Å². The third-order valence-electron chi connectivity index (χ3n) is 3.03. The zero-order chi connectivity index (χ0) is 13.3. The predicted molar refractivity (Wildman–Crippen MR) is 61.0 cm³/mol. The fourth-order valence-corrected chi connectivity index (χ4v) is 2.12. The van der Waals surface area contributed by atoms with Crippen LogP contribution in [0, 0.1) is 21.8 Å². The van der Waals surface area contributed by atoms with Gasteiger partial charge < -0.3 is 10.0 Å². The van der Waals surface area contributed by atoms with Gasteiger partial charge in [-0.3, -0.25) is 14.9 Å². The summed E-state index contributed by atoms with van der Waals surface area (Å²) in [5.41, 5.74) is -0.452. The molecule has 0 aromatic heterocycles. The maximum atomic E-state index is 13.4. The van der Waals surface area contributed by atoms with Crippen LogP contribution in [0.5, 0.6) is 0 Å². The summed E-state index contributed by atoms with van der Waals surface area (Å²) in [7, 11) is 0. The number of carbonyl (C=O) groups is 1. The molecule has 18 heavy (non-hydrogen) atoms. The number of anilines is 1. The molecule has 1 fully saturated rings. The van der Waals surface area contributed by atoms with Gasteiger partial charge in [-0.05, 0) is 18.6 Å². The average molecular weight is 254 g/mol. The van der Waals surface area contributed by atoms with Crippen LogP contribution in [0.1, 0.15) is 6.42 Å². The van der Waals surface area contributed by atoms with E-state index >= 15 is 0 Å². The molecule has 1 N–H and O–H groups in total. The highest BCUT2D eigenvalue weighted by atomic mass is 19.1. The number of hydrogen-bond donors (Lipinski definition) is 1. The quantitative estimate of drug-likeness (QED) is 0.654. The summed E-state index contributed by atoms with van der Waals surface area (Å²) in [6.07, 6.45) is 0.406. The first-order valence-electron chi connectivity index (χ1n) is 5.41. The number of carboxylic acids is 1. The van der Waals surface area contributed by atoms with E-state index in [1.165, 1.54) is 12.1 Å². The number of nitro benzene ring substituents is 1. The van der Waals surface area contributed by atoms with Gasteiger partial charge in [0.15, 0.2) is 0 Å². The Bertz CT molecular complexity index is 506. The van der Waals surface area contributed by atoms with Crippen molar-refractivity contribution < 1.29 is 19.2 Å². The van der Waals surface area contributed by atoms with E-state index in [4.69, 9.17) is 5.11 Å². The Morgan fingerprint density at radius 1 is 1.56 bits per heavy atom. The highest BCUT2D eigenvalue weighted by molar-refractivity contribution is 5.73. The van der Waals surface area contributed by atoms with Gasteiger partial charge in [-0.15, -0.1) is 0 Å². The molecule has 0 bridgehead atoms. The molecule has 1 aliphatic rings. The average Bonchev–Trinajstić information content (AvgIpc) is 2.77. The molecule has 0 radical (unpaired) electrons. The maximum absolute atomic E-state index is 13.4. The van der Waals surface area contributed by atoms with Crippen LogP contribution >= 0.6 is 0 Å². The van der Waals surface area contributed by atoms with E-state index in [0.717, 1.165) is 6.07 Å². The van der Waals surface area contributed by atoms with Gasteiger partial charge in [0.05, 0.1) is 10.8 Å². The molecule has 6 nitrogen and oxygen atoms in total. The first kappa shape index (κ1) is 12.3. The fraction of sp³-hybridized carbons (Fsp3) is 0.364. The van der Waals surface area contributed by atoms with Gasteiger partial charge in [0.2, 0.25) is 5.82 Å². The Labute approximate surface area is 102 Å². The Morgan fingerprint density at radius 2 is 2.28 bits per heavy atom. The lowest BCUT2D eigenvalue weighted by Crippen LogP contribution is -2.23. The van der Waals surface area contributed by atoms with E-state index in [9.17, 15) is 19.3 Å². The Morgan fingerprint density at radius 3 is 2.83 bits per heavy atom. The van der Waals surface area contributed by atoms with Crippen LogP contribution in [0.4, 0.5) is 15.8 Å². The number of rotatable bonds is 3. The predicted octanol–water partition coefficient (Wildman–Crippen LogP) is 1.64. The van der Waals surface area contributed by atoms with Crippen molar-refractivity contribution in [3.8, 4) is 0 Å². The summed E-state index contributed by atoms with van der Waals surface area (Å²) >= 11 is 0. The molecule has 1 unspecified atom stereocenters. The van der Waals surface area contributed by atoms with E-state index in [2.05, 4.69) is 0 Å². The standard InChI is InChI=1S/C11H11FN2O4/c12-8-2-1-3-9(10(8)14(17)18)13-5-4-7(6-13)11(15)16/h1-3,7H,4-6H2,(H,15,16). The SMILES string of the molecule is O=C(O)C1CCN(c2cccc(F)c2[N+](=O)[O-])C1. The molecule has 96 valence electrons. The van der Waals surface area contributed by atoms with E-state index in [1.807, 2.05) is 0 Å². The summed E-state index contributed by atoms with van der Waals surface area (Å²) in [6, 6.07) is 3.84. The number of para-hydroxylation sites is 1. The highest BCUT2D eigenvalue weighted by Gasteiger charge is 2.32. The number of hydrogen-bond acceptors (Lipinski definition) is 4. The van der Waals surface area contributed by atoms with Crippen molar-refractivity contribution in [2.75, 3.05) is 18.0 Å². The van der Waals surface area contributed by atoms with Crippen molar-refractivity contribution in [2.24, 2.45) is 5.92 Å². The lowest BCUT2D eigenvalue weighted by Gasteiger charge is -2.17. The molecule has 1 atom stereocenters. The third kappa shape index (κ3) is 2.11. The van der Waals surface area contributed by atoms with Crippen LogP contribution < -0.4 is 4.90 Å². The molecule has 1 aromatic carbocycles. The van der Waals surface area contributed by atoms with Gasteiger partial charge >= 0.3 is 11.7 Å². The van der Waals surface area contributed by atoms with Crippen molar-refractivity contribution in [3.63, 3.8) is 0 Å². The van der Waals surface area contributed by atoms with Gasteiger partial charge in [-0.2, -0.15) is 4.39 Å². The molecular weight excluding hydrogens is 243 g/mol. The zero-order valence-electron chi connectivity index (χ0n) is 9.38. The minimum Gasteiger partial charge on any atom is -0.481 e. The van der Waals surface area contributed by atoms with E-state index in [-0.39, 0.29) is 12.2 Å². The van der Waals surface area contributed by atoms with E-state index in [0.29, 0.717) is 13.0 Å². The van der Waals surface area contributed by atoms with Gasteiger partial charge in [0.25, 0.3) is 0 Å². The smallest absolute Gasteiger partial charge is 0.327 e. The Balaban J connectivity index is 2.32. The highest BCUT2D eigenvalue weighted by Crippen LogP contribution is 2.34. The van der Waals surface area contributed by atoms with Crippen LogP contribution in [0.25, 0.3) is 0 Å². The number of carboxylic acid groups (broad SMARTS) is 1. The molecule has 1 aromatic rings. The van der Waals surface area contributed by atoms with Crippen LogP contribution in [0.2, 0.25) is 0 Å². The first-order chi connectivity index (χ1) is 8.50. The van der Waals surface area contributed by atoms with Crippen molar-refractivity contribution in [1.82, 2.24) is 0 Å². The number of halogens is 1. The Hall–Kier alpha value is -2.18. The number of nitrogens with zero attached hydrogens (tertiary/aromatic N) is 2. The van der Waals surface area contributed by atoms with Crippen molar-refractivity contribution in [1.29, 1.82) is 0 Å². The van der Waals surface area contributed by atoms with Crippen LogP contribution in [-0.2, 0) is 4.79 Å². The largest absolute Gasteiger partial charge is 0.481 e. The lowest BCUT2D eigenvalue weighted by atomic mass is 10.1. The molecule has 0 spiro atoms. The molecular formula is C11H11FN2O4. The zero-order valence-corrected chi connectivity index (χ0v) is 9.38. The minimum absolute atomic E-state index is 0.142. The number of benzene rings is 1. The van der Waals surface area contributed by atoms with Gasteiger partial charge in [0.1, 0.15) is 5.69 Å². The van der Waals surface area contributed by atoms with Crippen molar-refractivity contribution >= 4 is 17.3 Å². The molecule has 7 heteroatoms. The fourth-order valence-electron chi connectivity index (χ4n) is 2.12. The normalized spacial score (nSPS) is 18.9. The summed E-state index contributed by atoms with van der Waals surface area (Å²) in [6.45, 7) is 0.543. The van der Waals surface area contributed by atoms with Gasteiger partial charge in [0, 0.05) is 13.1 Å². The van der Waals surface area contributed by atoms with Crippen LogP contribution in [0.3, 0.4) is 0 Å². The second-order valence-electron chi connectivity index (χ2n) is 4.13. The molecule has 0 aliphatic carbocycles. The third-order valence-corrected chi connectivity index (χ3v) is 3.03. The van der Waals surface area contributed by atoms with Gasteiger partial charge in [-0.1, -0.05) is 6.07 Å². The minimum atomic E-state index is -0.934. The monoisotopic (exact) mass is 254 g/mol. The summed E-state index contributed by atoms with van der Waals surface area (Å²) in [5, 5.41) is 19.7. The molecule has 1 saturated heterocycles. The summed E-state index contributed by atoms with van der Waals surface area (Å²) < 4.78 is 13.4. The summed E-state index contributed by atoms with van der Waals surface area (Å²) in [4.78, 5) is 22.4. The first-order valence-corrected chi connectivity index (χ1v) is 5.41. The lowest BCUT2D eigenvalue weighted by molar-refractivity contribution is -0.386. The molecule has 0 saturated carbocycles. The number of nitro groups is 1. The van der Waals surface area contributed by atoms with Crippen molar-refractivity contribution in [2.45, 2.75) is 6.42 Å². The molecule has 2 rings (SSSR count). The summed E-state index contributed by atoms with van der Waals surface area (Å²) in [5.74, 6) is -2.40. The van der Waals surface area contributed by atoms with Crippen molar-refractivity contribution in [3.05, 3.63) is 34.1 Å². The Kier molecular flexibility index (Phi) is 3.14. The van der Waals surface area contributed by atoms with E-state index < -0.39 is 28.3 Å². The second kappa shape index (κ2) is 4.59. The van der Waals surface area contributed by atoms with Crippen LogP contribution in [0.15, 0.2) is 18.2 Å². The molecule has 0 amide bonds. The van der Waals surface area contributed by atoms with E-state index in [1.54, 1.807) is 4.90 Å². The van der Waals surface area contributed by atoms with Crippen LogP contribution in [-0.4, -0.2) is 29.1 Å². The second-order valence-corrected chi connectivity index (χ2v) is 4.13. The number of aliphatic carboxylic acids is 1. The topological polar surface area (TPSA) is 83.7 Å². The molecule has 1 aliphatic heterocycles. The maximum Gasteiger partial charge on any atom is 0.327 e. The molecule has 1 heterocycles.